The van der Waals surface area contributed by atoms with Crippen molar-refractivity contribution in [3.05, 3.63) is 64.9 Å². The average molecular weight is 354 g/mol. The first-order valence-corrected chi connectivity index (χ1v) is 8.65. The molecule has 1 amide bonds. The van der Waals surface area contributed by atoms with Crippen LogP contribution in [0.2, 0.25) is 5.02 Å². The fraction of sp³-hybridized carbons (Fsp3) is 0.235. The second-order valence-electron chi connectivity index (χ2n) is 4.70. The summed E-state index contributed by atoms with van der Waals surface area (Å²) in [5.74, 6) is 0.918. The van der Waals surface area contributed by atoms with Crippen LogP contribution in [-0.4, -0.2) is 24.8 Å². The topological polar surface area (TPSA) is 38.3 Å². The van der Waals surface area contributed by atoms with Crippen LogP contribution in [-0.2, 0) is 10.5 Å². The lowest BCUT2D eigenvalue weighted by Gasteiger charge is -2.08. The molecule has 0 saturated heterocycles. The van der Waals surface area contributed by atoms with Gasteiger partial charge in [0.15, 0.2) is 0 Å². The minimum absolute atomic E-state index is 0.112. The number of hydrogen-bond acceptors (Lipinski definition) is 3. The highest BCUT2D eigenvalue weighted by Gasteiger charge is 2.08. The molecule has 6 heteroatoms. The third-order valence-corrected chi connectivity index (χ3v) is 4.29. The Labute approximate surface area is 144 Å². The first kappa shape index (κ1) is 17.6. The molecule has 0 bridgehead atoms. The van der Waals surface area contributed by atoms with Crippen molar-refractivity contribution in [2.45, 2.75) is 5.75 Å². The molecule has 2 rings (SSSR count). The van der Waals surface area contributed by atoms with Gasteiger partial charge in [-0.25, -0.2) is 4.39 Å². The van der Waals surface area contributed by atoms with E-state index in [1.54, 1.807) is 12.1 Å². The number of nitrogens with one attached hydrogen (secondary N) is 1. The molecule has 2 aromatic rings. The van der Waals surface area contributed by atoms with E-state index in [0.717, 1.165) is 5.75 Å². The predicted octanol–water partition coefficient (Wildman–Crippen LogP) is 3.91. The predicted molar refractivity (Wildman–Crippen MR) is 92.5 cm³/mol. The van der Waals surface area contributed by atoms with E-state index >= 15 is 0 Å². The number of thioether (sulfide) groups is 1. The highest BCUT2D eigenvalue weighted by molar-refractivity contribution is 7.99. The molecule has 0 radical (unpaired) electrons. The summed E-state index contributed by atoms with van der Waals surface area (Å²) in [7, 11) is 0. The van der Waals surface area contributed by atoms with E-state index in [2.05, 4.69) is 5.32 Å². The summed E-state index contributed by atoms with van der Waals surface area (Å²) in [4.78, 5) is 11.7. The van der Waals surface area contributed by atoms with Gasteiger partial charge in [-0.15, -0.1) is 11.8 Å². The van der Waals surface area contributed by atoms with E-state index in [0.29, 0.717) is 29.5 Å². The maximum absolute atomic E-state index is 13.6. The highest BCUT2D eigenvalue weighted by Crippen LogP contribution is 2.23. The second-order valence-corrected chi connectivity index (χ2v) is 6.10. The number of carbonyl (C=O) groups is 1. The number of benzene rings is 2. The Morgan fingerprint density at radius 2 is 1.96 bits per heavy atom. The van der Waals surface area contributed by atoms with Gasteiger partial charge < -0.3 is 10.1 Å². The Hall–Kier alpha value is -1.72. The van der Waals surface area contributed by atoms with Crippen LogP contribution in [0.5, 0.6) is 5.75 Å². The first-order valence-electron chi connectivity index (χ1n) is 7.12. The normalized spacial score (nSPS) is 10.3. The zero-order chi connectivity index (χ0) is 16.5. The Kier molecular flexibility index (Phi) is 7.23. The van der Waals surface area contributed by atoms with Crippen molar-refractivity contribution in [1.82, 2.24) is 5.32 Å². The number of ether oxygens (including phenoxy) is 1. The SMILES string of the molecule is O=C(CSCc1c(F)cccc1Cl)NCCOc1ccccc1. The van der Waals surface area contributed by atoms with Crippen molar-refractivity contribution >= 4 is 29.3 Å². The lowest BCUT2D eigenvalue weighted by Crippen LogP contribution is -2.29. The monoisotopic (exact) mass is 353 g/mol. The van der Waals surface area contributed by atoms with Gasteiger partial charge in [-0.05, 0) is 24.3 Å². The summed E-state index contributed by atoms with van der Waals surface area (Å²) in [6.07, 6.45) is 0. The van der Waals surface area contributed by atoms with E-state index in [1.807, 2.05) is 30.3 Å². The third kappa shape index (κ3) is 6.12. The van der Waals surface area contributed by atoms with Crippen molar-refractivity contribution in [3.63, 3.8) is 0 Å². The third-order valence-electron chi connectivity index (χ3n) is 2.98. The van der Waals surface area contributed by atoms with E-state index in [-0.39, 0.29) is 17.5 Å². The molecule has 0 aliphatic heterocycles. The zero-order valence-electron chi connectivity index (χ0n) is 12.4. The summed E-state index contributed by atoms with van der Waals surface area (Å²) in [5, 5.41) is 3.14. The Morgan fingerprint density at radius 1 is 1.17 bits per heavy atom. The van der Waals surface area contributed by atoms with Gasteiger partial charge in [-0.3, -0.25) is 4.79 Å². The standard InChI is InChI=1S/C17H17ClFNO2S/c18-15-7-4-8-16(19)14(15)11-23-12-17(21)20-9-10-22-13-5-2-1-3-6-13/h1-8H,9-12H2,(H,20,21). The lowest BCUT2D eigenvalue weighted by atomic mass is 10.2. The van der Waals surface area contributed by atoms with Gasteiger partial charge in [-0.2, -0.15) is 0 Å². The summed E-state index contributed by atoms with van der Waals surface area (Å²) < 4.78 is 19.0. The van der Waals surface area contributed by atoms with E-state index in [4.69, 9.17) is 16.3 Å². The van der Waals surface area contributed by atoms with Gasteiger partial charge in [0.25, 0.3) is 0 Å². The summed E-state index contributed by atoms with van der Waals surface area (Å²) in [6.45, 7) is 0.828. The molecule has 1 N–H and O–H groups in total. The molecule has 122 valence electrons. The molecular weight excluding hydrogens is 337 g/mol. The Balaban J connectivity index is 1.62. The minimum Gasteiger partial charge on any atom is -0.492 e. The maximum atomic E-state index is 13.6. The molecule has 0 spiro atoms. The number of rotatable bonds is 8. The molecule has 23 heavy (non-hydrogen) atoms. The number of halogens is 2. The average Bonchev–Trinajstić information content (AvgIpc) is 2.55. The van der Waals surface area contributed by atoms with Crippen molar-refractivity contribution in [1.29, 1.82) is 0 Å². The fourth-order valence-corrected chi connectivity index (χ4v) is 3.04. The molecule has 0 fully saturated rings. The molecule has 0 unspecified atom stereocenters. The maximum Gasteiger partial charge on any atom is 0.230 e. The molecule has 0 heterocycles. The molecule has 3 nitrogen and oxygen atoms in total. The van der Waals surface area contributed by atoms with Crippen LogP contribution in [0.25, 0.3) is 0 Å². The van der Waals surface area contributed by atoms with Crippen LogP contribution in [0.4, 0.5) is 4.39 Å². The van der Waals surface area contributed by atoms with Gasteiger partial charge >= 0.3 is 0 Å². The van der Waals surface area contributed by atoms with Crippen LogP contribution in [0.15, 0.2) is 48.5 Å². The molecule has 0 aromatic heterocycles. The van der Waals surface area contributed by atoms with Crippen molar-refractivity contribution in [3.8, 4) is 5.75 Å². The largest absolute Gasteiger partial charge is 0.492 e. The molecular formula is C17H17ClFNO2S. The lowest BCUT2D eigenvalue weighted by molar-refractivity contribution is -0.118. The van der Waals surface area contributed by atoms with Gasteiger partial charge in [0.2, 0.25) is 5.91 Å². The number of hydrogen-bond donors (Lipinski definition) is 1. The molecule has 0 atom stereocenters. The van der Waals surface area contributed by atoms with Crippen molar-refractivity contribution in [2.24, 2.45) is 0 Å². The smallest absolute Gasteiger partial charge is 0.230 e. The number of para-hydroxylation sites is 1. The second kappa shape index (κ2) is 9.43. The minimum atomic E-state index is -0.346. The van der Waals surface area contributed by atoms with Crippen LogP contribution >= 0.6 is 23.4 Å². The van der Waals surface area contributed by atoms with E-state index in [9.17, 15) is 9.18 Å². The summed E-state index contributed by atoms with van der Waals surface area (Å²) >= 11 is 7.25. The number of amides is 1. The van der Waals surface area contributed by atoms with Crippen molar-refractivity contribution in [2.75, 3.05) is 18.9 Å². The molecule has 0 saturated carbocycles. The first-order chi connectivity index (χ1) is 11.2. The Morgan fingerprint density at radius 3 is 2.70 bits per heavy atom. The van der Waals surface area contributed by atoms with Gasteiger partial charge in [-0.1, -0.05) is 35.9 Å². The molecule has 2 aromatic carbocycles. The summed E-state index contributed by atoms with van der Waals surface area (Å²) in [6, 6.07) is 14.0. The zero-order valence-corrected chi connectivity index (χ0v) is 14.0. The van der Waals surface area contributed by atoms with E-state index < -0.39 is 0 Å². The fourth-order valence-electron chi connectivity index (χ4n) is 1.84. The quantitative estimate of drug-likeness (QED) is 0.731. The van der Waals surface area contributed by atoms with Crippen LogP contribution < -0.4 is 10.1 Å². The van der Waals surface area contributed by atoms with Crippen LogP contribution in [0.1, 0.15) is 5.56 Å². The highest BCUT2D eigenvalue weighted by atomic mass is 35.5. The number of carbonyl (C=O) groups excluding carboxylic acids is 1. The van der Waals surface area contributed by atoms with Gasteiger partial charge in [0, 0.05) is 16.3 Å². The molecule has 0 aliphatic rings. The van der Waals surface area contributed by atoms with Crippen LogP contribution in [0, 0.1) is 5.82 Å². The Bertz CT molecular complexity index is 619. The van der Waals surface area contributed by atoms with Crippen LogP contribution in [0.3, 0.4) is 0 Å². The van der Waals surface area contributed by atoms with E-state index in [1.165, 1.54) is 17.8 Å². The summed E-state index contributed by atoms with van der Waals surface area (Å²) in [5.41, 5.74) is 0.430. The van der Waals surface area contributed by atoms with Crippen molar-refractivity contribution < 1.29 is 13.9 Å². The van der Waals surface area contributed by atoms with Gasteiger partial charge in [0.05, 0.1) is 12.3 Å². The molecule has 0 aliphatic carbocycles. The van der Waals surface area contributed by atoms with Gasteiger partial charge in [0.1, 0.15) is 18.2 Å².